The van der Waals surface area contributed by atoms with Crippen LogP contribution in [-0.2, 0) is 11.8 Å². The van der Waals surface area contributed by atoms with E-state index in [9.17, 15) is 4.79 Å². The number of carbonyl (C=O) groups excluding carboxylic acids is 1. The van der Waals surface area contributed by atoms with Gasteiger partial charge in [0, 0.05) is 26.8 Å². The Labute approximate surface area is 107 Å². The number of rotatable bonds is 7. The smallest absolute Gasteiger partial charge is 0.256 e. The van der Waals surface area contributed by atoms with E-state index in [0.29, 0.717) is 30.5 Å². The third-order valence-corrected chi connectivity index (χ3v) is 2.43. The van der Waals surface area contributed by atoms with E-state index >= 15 is 0 Å². The van der Waals surface area contributed by atoms with Gasteiger partial charge in [-0.2, -0.15) is 5.10 Å². The maximum Gasteiger partial charge on any atom is 0.256 e. The van der Waals surface area contributed by atoms with Gasteiger partial charge < -0.3 is 15.8 Å². The molecule has 1 aromatic heterocycles. The number of aryl methyl sites for hydroxylation is 1. The SMILES string of the molecule is CC(C)COCCCNC(=O)c1cnn(C)c1N. The molecule has 1 heterocycles. The van der Waals surface area contributed by atoms with Gasteiger partial charge in [-0.05, 0) is 12.3 Å². The van der Waals surface area contributed by atoms with E-state index in [2.05, 4.69) is 24.3 Å². The second-order valence-corrected chi connectivity index (χ2v) is 4.65. The summed E-state index contributed by atoms with van der Waals surface area (Å²) in [6.45, 7) is 6.19. The minimum Gasteiger partial charge on any atom is -0.383 e. The van der Waals surface area contributed by atoms with Crippen LogP contribution in [0.3, 0.4) is 0 Å². The van der Waals surface area contributed by atoms with Crippen molar-refractivity contribution in [3.05, 3.63) is 11.8 Å². The first-order valence-corrected chi connectivity index (χ1v) is 6.15. The largest absolute Gasteiger partial charge is 0.383 e. The lowest BCUT2D eigenvalue weighted by molar-refractivity contribution is 0.0925. The molecular formula is C12H22N4O2. The van der Waals surface area contributed by atoms with E-state index in [0.717, 1.165) is 13.0 Å². The summed E-state index contributed by atoms with van der Waals surface area (Å²) in [6.07, 6.45) is 2.26. The van der Waals surface area contributed by atoms with Crippen LogP contribution in [0, 0.1) is 5.92 Å². The summed E-state index contributed by atoms with van der Waals surface area (Å²) in [5.41, 5.74) is 6.12. The highest BCUT2D eigenvalue weighted by atomic mass is 16.5. The number of carbonyl (C=O) groups is 1. The number of hydrogen-bond acceptors (Lipinski definition) is 4. The van der Waals surface area contributed by atoms with Crippen LogP contribution in [0.2, 0.25) is 0 Å². The van der Waals surface area contributed by atoms with Crippen molar-refractivity contribution in [2.75, 3.05) is 25.5 Å². The van der Waals surface area contributed by atoms with Gasteiger partial charge in [-0.25, -0.2) is 0 Å². The summed E-state index contributed by atoms with van der Waals surface area (Å²) in [4.78, 5) is 11.7. The van der Waals surface area contributed by atoms with Crippen LogP contribution in [-0.4, -0.2) is 35.4 Å². The average Bonchev–Trinajstić information content (AvgIpc) is 2.64. The van der Waals surface area contributed by atoms with Gasteiger partial charge in [0.25, 0.3) is 5.91 Å². The van der Waals surface area contributed by atoms with Crippen molar-refractivity contribution in [3.63, 3.8) is 0 Å². The van der Waals surface area contributed by atoms with E-state index in [1.807, 2.05) is 0 Å². The Balaban J connectivity index is 2.20. The summed E-state index contributed by atoms with van der Waals surface area (Å²) in [5.74, 6) is 0.725. The maximum absolute atomic E-state index is 11.7. The van der Waals surface area contributed by atoms with Crippen LogP contribution in [0.4, 0.5) is 5.82 Å². The minimum atomic E-state index is -0.190. The van der Waals surface area contributed by atoms with Gasteiger partial charge in [0.05, 0.1) is 6.20 Å². The van der Waals surface area contributed by atoms with Crippen LogP contribution < -0.4 is 11.1 Å². The molecule has 1 amide bonds. The monoisotopic (exact) mass is 254 g/mol. The molecule has 0 fully saturated rings. The molecule has 0 aromatic carbocycles. The van der Waals surface area contributed by atoms with Gasteiger partial charge in [-0.15, -0.1) is 0 Å². The zero-order valence-electron chi connectivity index (χ0n) is 11.3. The zero-order chi connectivity index (χ0) is 13.5. The Morgan fingerprint density at radius 1 is 1.61 bits per heavy atom. The second-order valence-electron chi connectivity index (χ2n) is 4.65. The molecule has 0 saturated carbocycles. The highest BCUT2D eigenvalue weighted by Crippen LogP contribution is 2.08. The molecule has 1 aromatic rings. The number of anilines is 1. The molecule has 18 heavy (non-hydrogen) atoms. The van der Waals surface area contributed by atoms with Crippen molar-refractivity contribution in [3.8, 4) is 0 Å². The van der Waals surface area contributed by atoms with Gasteiger partial charge in [-0.1, -0.05) is 13.8 Å². The quantitative estimate of drug-likeness (QED) is 0.705. The van der Waals surface area contributed by atoms with Crippen molar-refractivity contribution < 1.29 is 9.53 Å². The normalized spacial score (nSPS) is 10.9. The number of nitrogens with one attached hydrogen (secondary N) is 1. The van der Waals surface area contributed by atoms with Gasteiger partial charge >= 0.3 is 0 Å². The molecule has 0 spiro atoms. The van der Waals surface area contributed by atoms with E-state index in [4.69, 9.17) is 10.5 Å². The fourth-order valence-corrected chi connectivity index (χ4v) is 1.41. The van der Waals surface area contributed by atoms with Gasteiger partial charge in [0.15, 0.2) is 0 Å². The molecular weight excluding hydrogens is 232 g/mol. The molecule has 6 heteroatoms. The lowest BCUT2D eigenvalue weighted by atomic mass is 10.2. The molecule has 6 nitrogen and oxygen atoms in total. The van der Waals surface area contributed by atoms with Gasteiger partial charge in [0.1, 0.15) is 11.4 Å². The molecule has 0 atom stereocenters. The zero-order valence-corrected chi connectivity index (χ0v) is 11.3. The number of nitrogen functional groups attached to an aromatic ring is 1. The fraction of sp³-hybridized carbons (Fsp3) is 0.667. The van der Waals surface area contributed by atoms with Crippen LogP contribution >= 0.6 is 0 Å². The summed E-state index contributed by atoms with van der Waals surface area (Å²) >= 11 is 0. The molecule has 0 unspecified atom stereocenters. The first-order chi connectivity index (χ1) is 8.52. The third kappa shape index (κ3) is 4.37. The van der Waals surface area contributed by atoms with Crippen LogP contribution in [0.5, 0.6) is 0 Å². The van der Waals surface area contributed by atoms with Crippen molar-refractivity contribution >= 4 is 11.7 Å². The number of aromatic nitrogens is 2. The van der Waals surface area contributed by atoms with E-state index in [1.165, 1.54) is 10.9 Å². The summed E-state index contributed by atoms with van der Waals surface area (Å²) < 4.78 is 6.89. The van der Waals surface area contributed by atoms with E-state index in [1.54, 1.807) is 7.05 Å². The maximum atomic E-state index is 11.7. The Bertz CT molecular complexity index is 387. The predicted molar refractivity (Wildman–Crippen MR) is 70.2 cm³/mol. The summed E-state index contributed by atoms with van der Waals surface area (Å²) in [5, 5.41) is 6.71. The van der Waals surface area contributed by atoms with Gasteiger partial charge in [-0.3, -0.25) is 9.48 Å². The Hall–Kier alpha value is -1.56. The average molecular weight is 254 g/mol. The van der Waals surface area contributed by atoms with Crippen molar-refractivity contribution in [1.82, 2.24) is 15.1 Å². The van der Waals surface area contributed by atoms with E-state index < -0.39 is 0 Å². The highest BCUT2D eigenvalue weighted by Gasteiger charge is 2.12. The summed E-state index contributed by atoms with van der Waals surface area (Å²) in [7, 11) is 1.70. The minimum absolute atomic E-state index is 0.190. The Morgan fingerprint density at radius 3 is 2.89 bits per heavy atom. The topological polar surface area (TPSA) is 82.2 Å². The molecule has 0 aliphatic heterocycles. The van der Waals surface area contributed by atoms with Crippen LogP contribution in [0.1, 0.15) is 30.6 Å². The third-order valence-electron chi connectivity index (χ3n) is 2.43. The highest BCUT2D eigenvalue weighted by molar-refractivity contribution is 5.98. The first kappa shape index (κ1) is 14.5. The van der Waals surface area contributed by atoms with Gasteiger partial charge in [0.2, 0.25) is 0 Å². The standard InChI is InChI=1S/C12H22N4O2/c1-9(2)8-18-6-4-5-14-12(17)10-7-15-16(3)11(10)13/h7,9H,4-6,8,13H2,1-3H3,(H,14,17). The predicted octanol–water partition coefficient (Wildman–Crippen LogP) is 0.795. The number of amides is 1. The van der Waals surface area contributed by atoms with Crippen molar-refractivity contribution in [2.24, 2.45) is 13.0 Å². The Kier molecular flexibility index (Phi) is 5.64. The second kappa shape index (κ2) is 7.00. The molecule has 0 radical (unpaired) electrons. The van der Waals surface area contributed by atoms with Crippen molar-refractivity contribution in [2.45, 2.75) is 20.3 Å². The number of nitrogens with zero attached hydrogens (tertiary/aromatic N) is 2. The molecule has 3 N–H and O–H groups in total. The molecule has 0 bridgehead atoms. The Morgan fingerprint density at radius 2 is 2.33 bits per heavy atom. The number of nitrogens with two attached hydrogens (primary N) is 1. The first-order valence-electron chi connectivity index (χ1n) is 6.15. The molecule has 1 rings (SSSR count). The fourth-order valence-electron chi connectivity index (χ4n) is 1.41. The van der Waals surface area contributed by atoms with Crippen LogP contribution in [0.15, 0.2) is 6.20 Å². The molecule has 102 valence electrons. The number of ether oxygens (including phenoxy) is 1. The van der Waals surface area contributed by atoms with Crippen LogP contribution in [0.25, 0.3) is 0 Å². The summed E-state index contributed by atoms with van der Waals surface area (Å²) in [6, 6.07) is 0. The lowest BCUT2D eigenvalue weighted by Gasteiger charge is -2.07. The van der Waals surface area contributed by atoms with Crippen molar-refractivity contribution in [1.29, 1.82) is 0 Å². The lowest BCUT2D eigenvalue weighted by Crippen LogP contribution is -2.26. The number of hydrogen-bond donors (Lipinski definition) is 2. The van der Waals surface area contributed by atoms with E-state index in [-0.39, 0.29) is 5.91 Å². The molecule has 0 aliphatic carbocycles. The molecule has 0 aliphatic rings. The molecule has 0 saturated heterocycles.